The molecule has 0 atom stereocenters. The fourth-order valence-electron chi connectivity index (χ4n) is 3.01. The first-order valence-corrected chi connectivity index (χ1v) is 9.46. The SMILES string of the molecule is COc1cc2c(c(OC3CCOCC3)c1)CN(COC(=O)C(C)(C)C)C(=O)N2. The van der Waals surface area contributed by atoms with Crippen molar-refractivity contribution < 1.29 is 28.5 Å². The van der Waals surface area contributed by atoms with Crippen LogP contribution in [-0.4, -0.2) is 50.1 Å². The van der Waals surface area contributed by atoms with Gasteiger partial charge in [-0.3, -0.25) is 9.69 Å². The number of benzene rings is 1. The molecule has 0 unspecified atom stereocenters. The molecule has 2 aliphatic rings. The molecule has 2 amide bonds. The molecular formula is C20H28N2O6. The number of methoxy groups -OCH3 is 1. The zero-order chi connectivity index (χ0) is 20.3. The molecule has 1 aromatic rings. The van der Waals surface area contributed by atoms with Gasteiger partial charge in [-0.1, -0.05) is 0 Å². The Morgan fingerprint density at radius 2 is 2.00 bits per heavy atom. The summed E-state index contributed by atoms with van der Waals surface area (Å²) in [5.41, 5.74) is 0.845. The van der Waals surface area contributed by atoms with Gasteiger partial charge in [-0.05, 0) is 20.8 Å². The molecule has 1 aromatic carbocycles. The minimum Gasteiger partial charge on any atom is -0.497 e. The number of anilines is 1. The van der Waals surface area contributed by atoms with E-state index in [1.165, 1.54) is 4.90 Å². The van der Waals surface area contributed by atoms with Gasteiger partial charge in [0.1, 0.15) is 17.6 Å². The molecule has 3 rings (SSSR count). The van der Waals surface area contributed by atoms with Crippen molar-refractivity contribution in [3.63, 3.8) is 0 Å². The second-order valence-electron chi connectivity index (χ2n) is 8.02. The Morgan fingerprint density at radius 3 is 2.64 bits per heavy atom. The van der Waals surface area contributed by atoms with E-state index in [0.29, 0.717) is 30.4 Å². The zero-order valence-corrected chi connectivity index (χ0v) is 16.9. The van der Waals surface area contributed by atoms with Gasteiger partial charge in [-0.15, -0.1) is 0 Å². The highest BCUT2D eigenvalue weighted by Gasteiger charge is 2.30. The molecule has 2 aliphatic heterocycles. The average molecular weight is 392 g/mol. The highest BCUT2D eigenvalue weighted by Crippen LogP contribution is 2.37. The van der Waals surface area contributed by atoms with E-state index < -0.39 is 5.41 Å². The molecule has 2 heterocycles. The number of ether oxygens (including phenoxy) is 4. The van der Waals surface area contributed by atoms with Crippen LogP contribution in [0.25, 0.3) is 0 Å². The van der Waals surface area contributed by atoms with Crippen LogP contribution in [-0.2, 0) is 20.8 Å². The van der Waals surface area contributed by atoms with E-state index >= 15 is 0 Å². The summed E-state index contributed by atoms with van der Waals surface area (Å²) in [4.78, 5) is 25.9. The van der Waals surface area contributed by atoms with E-state index in [1.807, 2.05) is 6.07 Å². The number of nitrogens with one attached hydrogen (secondary N) is 1. The van der Waals surface area contributed by atoms with E-state index in [2.05, 4.69) is 5.32 Å². The minimum absolute atomic E-state index is 0.0507. The van der Waals surface area contributed by atoms with Crippen molar-refractivity contribution in [1.82, 2.24) is 4.90 Å². The predicted octanol–water partition coefficient (Wildman–Crippen LogP) is 3.15. The van der Waals surface area contributed by atoms with Crippen molar-refractivity contribution >= 4 is 17.7 Å². The van der Waals surface area contributed by atoms with Gasteiger partial charge in [0, 0.05) is 30.5 Å². The lowest BCUT2D eigenvalue weighted by Gasteiger charge is -2.32. The standard InChI is InChI=1S/C20H28N2O6/c1-20(2,3)18(23)27-12-22-11-15-16(21-19(22)24)9-14(25-4)10-17(15)28-13-5-7-26-8-6-13/h9-10,13H,5-8,11-12H2,1-4H3,(H,21,24). The number of esters is 1. The van der Waals surface area contributed by atoms with Crippen molar-refractivity contribution in [2.45, 2.75) is 46.3 Å². The molecule has 8 heteroatoms. The first-order chi connectivity index (χ1) is 13.3. The van der Waals surface area contributed by atoms with Crippen LogP contribution in [0.15, 0.2) is 12.1 Å². The number of fused-ring (bicyclic) bond motifs is 1. The van der Waals surface area contributed by atoms with Gasteiger partial charge in [-0.2, -0.15) is 0 Å². The van der Waals surface area contributed by atoms with Gasteiger partial charge in [0.2, 0.25) is 0 Å². The highest BCUT2D eigenvalue weighted by molar-refractivity contribution is 5.93. The Hall–Kier alpha value is -2.48. The summed E-state index contributed by atoms with van der Waals surface area (Å²) in [5.74, 6) is 0.904. The summed E-state index contributed by atoms with van der Waals surface area (Å²) in [7, 11) is 1.57. The first-order valence-electron chi connectivity index (χ1n) is 9.46. The maximum absolute atomic E-state index is 12.4. The predicted molar refractivity (Wildman–Crippen MR) is 102 cm³/mol. The summed E-state index contributed by atoms with van der Waals surface area (Å²) >= 11 is 0. The van der Waals surface area contributed by atoms with E-state index in [-0.39, 0.29) is 31.4 Å². The van der Waals surface area contributed by atoms with Crippen LogP contribution in [0.5, 0.6) is 11.5 Å². The number of amides is 2. The normalized spacial score (nSPS) is 17.6. The van der Waals surface area contributed by atoms with Crippen LogP contribution in [0.1, 0.15) is 39.2 Å². The molecule has 154 valence electrons. The second-order valence-corrected chi connectivity index (χ2v) is 8.02. The smallest absolute Gasteiger partial charge is 0.324 e. The maximum Gasteiger partial charge on any atom is 0.324 e. The van der Waals surface area contributed by atoms with Gasteiger partial charge in [0.05, 0.1) is 38.0 Å². The number of hydrogen-bond donors (Lipinski definition) is 1. The van der Waals surface area contributed by atoms with Gasteiger partial charge in [-0.25, -0.2) is 4.79 Å². The van der Waals surface area contributed by atoms with Crippen molar-refractivity contribution in [3.05, 3.63) is 17.7 Å². The average Bonchev–Trinajstić information content (AvgIpc) is 2.66. The summed E-state index contributed by atoms with van der Waals surface area (Å²) in [6, 6.07) is 3.26. The van der Waals surface area contributed by atoms with Gasteiger partial charge < -0.3 is 24.3 Å². The summed E-state index contributed by atoms with van der Waals surface area (Å²) < 4.78 is 22.3. The molecule has 0 saturated carbocycles. The van der Waals surface area contributed by atoms with Gasteiger partial charge in [0.15, 0.2) is 6.73 Å². The zero-order valence-electron chi connectivity index (χ0n) is 16.9. The van der Waals surface area contributed by atoms with Crippen LogP contribution in [0.4, 0.5) is 10.5 Å². The third kappa shape index (κ3) is 4.67. The Bertz CT molecular complexity index is 737. The van der Waals surface area contributed by atoms with E-state index in [1.54, 1.807) is 33.9 Å². The first kappa shape index (κ1) is 20.3. The van der Waals surface area contributed by atoms with Crippen molar-refractivity contribution in [3.8, 4) is 11.5 Å². The summed E-state index contributed by atoms with van der Waals surface area (Å²) in [6.45, 7) is 6.81. The van der Waals surface area contributed by atoms with Gasteiger partial charge >= 0.3 is 12.0 Å². The largest absolute Gasteiger partial charge is 0.497 e. The molecule has 28 heavy (non-hydrogen) atoms. The molecule has 1 N–H and O–H groups in total. The van der Waals surface area contributed by atoms with E-state index in [9.17, 15) is 9.59 Å². The molecule has 0 aliphatic carbocycles. The molecule has 1 saturated heterocycles. The van der Waals surface area contributed by atoms with Crippen LogP contribution in [0.2, 0.25) is 0 Å². The number of carbonyl (C=O) groups excluding carboxylic acids is 2. The topological polar surface area (TPSA) is 86.3 Å². The van der Waals surface area contributed by atoms with E-state index in [4.69, 9.17) is 18.9 Å². The third-order valence-corrected chi connectivity index (χ3v) is 4.72. The number of nitrogens with zero attached hydrogens (tertiary/aromatic N) is 1. The molecular weight excluding hydrogens is 364 g/mol. The third-order valence-electron chi connectivity index (χ3n) is 4.72. The Balaban J connectivity index is 1.78. The van der Waals surface area contributed by atoms with Crippen molar-refractivity contribution in [1.29, 1.82) is 0 Å². The van der Waals surface area contributed by atoms with Crippen LogP contribution >= 0.6 is 0 Å². The fraction of sp³-hybridized carbons (Fsp3) is 0.600. The quantitative estimate of drug-likeness (QED) is 0.775. The molecule has 0 radical (unpaired) electrons. The van der Waals surface area contributed by atoms with Gasteiger partial charge in [0.25, 0.3) is 0 Å². The number of hydrogen-bond acceptors (Lipinski definition) is 6. The minimum atomic E-state index is -0.630. The Morgan fingerprint density at radius 1 is 1.29 bits per heavy atom. The molecule has 0 bridgehead atoms. The molecule has 8 nitrogen and oxygen atoms in total. The molecule has 1 fully saturated rings. The Labute approximate surface area is 165 Å². The highest BCUT2D eigenvalue weighted by atomic mass is 16.5. The summed E-state index contributed by atoms with van der Waals surface area (Å²) in [5, 5.41) is 2.84. The maximum atomic E-state index is 12.4. The second kappa shape index (κ2) is 8.26. The fourth-order valence-corrected chi connectivity index (χ4v) is 3.01. The van der Waals surface area contributed by atoms with Crippen molar-refractivity contribution in [2.75, 3.05) is 32.4 Å². The summed E-state index contributed by atoms with van der Waals surface area (Å²) in [6.07, 6.45) is 1.67. The monoisotopic (exact) mass is 392 g/mol. The number of urea groups is 1. The number of rotatable bonds is 5. The lowest BCUT2D eigenvalue weighted by Crippen LogP contribution is -2.41. The number of carbonyl (C=O) groups is 2. The van der Waals surface area contributed by atoms with E-state index in [0.717, 1.165) is 18.4 Å². The van der Waals surface area contributed by atoms with Crippen molar-refractivity contribution in [2.24, 2.45) is 5.41 Å². The van der Waals surface area contributed by atoms with Crippen LogP contribution in [0.3, 0.4) is 0 Å². The lowest BCUT2D eigenvalue weighted by atomic mass is 9.97. The molecule has 0 aromatic heterocycles. The van der Waals surface area contributed by atoms with Crippen LogP contribution in [0, 0.1) is 5.41 Å². The molecule has 0 spiro atoms. The van der Waals surface area contributed by atoms with Crippen LogP contribution < -0.4 is 14.8 Å². The Kier molecular flexibility index (Phi) is 5.98. The lowest BCUT2D eigenvalue weighted by molar-refractivity contribution is -0.156.